The number of hydrogen-bond acceptors (Lipinski definition) is 3. The van der Waals surface area contributed by atoms with E-state index < -0.39 is 17.9 Å². The minimum Gasteiger partial charge on any atom is -0.481 e. The van der Waals surface area contributed by atoms with E-state index in [2.05, 4.69) is 6.92 Å². The van der Waals surface area contributed by atoms with E-state index in [0.29, 0.717) is 6.42 Å². The average Bonchev–Trinajstić information content (AvgIpc) is 2.28. The molecule has 0 aromatic rings. The Hall–Kier alpha value is -1.32. The molecule has 0 aliphatic heterocycles. The van der Waals surface area contributed by atoms with Crippen molar-refractivity contribution in [2.24, 2.45) is 5.92 Å². The molecule has 0 aromatic carbocycles. The summed E-state index contributed by atoms with van der Waals surface area (Å²) >= 11 is 0. The van der Waals surface area contributed by atoms with Gasteiger partial charge in [-0.3, -0.25) is 4.79 Å². The maximum absolute atomic E-state index is 11.0. The summed E-state index contributed by atoms with van der Waals surface area (Å²) < 4.78 is 4.86. The number of hydrogen-bond donors (Lipinski definition) is 1. The van der Waals surface area contributed by atoms with Crippen LogP contribution in [-0.4, -0.2) is 23.7 Å². The van der Waals surface area contributed by atoms with Gasteiger partial charge < -0.3 is 9.84 Å². The fraction of sp³-hybridized carbons (Fsp3) is 0.692. The lowest BCUT2D eigenvalue weighted by Gasteiger charge is -2.11. The standard InChI is InChI=1S/C13H22O4/c1-3-5-6-7-9-11(13(15)16)10-17-12(14)8-4-2/h4,8,11H,3,5-7,9-10H2,1-2H3,(H,15,16). The van der Waals surface area contributed by atoms with Gasteiger partial charge in [-0.2, -0.15) is 0 Å². The summed E-state index contributed by atoms with van der Waals surface area (Å²) in [4.78, 5) is 22.0. The SMILES string of the molecule is CC=CC(=O)OCC(CCCCCC)C(=O)O. The van der Waals surface area contributed by atoms with Gasteiger partial charge in [0.2, 0.25) is 0 Å². The molecule has 98 valence electrons. The molecule has 0 spiro atoms. The van der Waals surface area contributed by atoms with Crippen LogP contribution in [0.15, 0.2) is 12.2 Å². The van der Waals surface area contributed by atoms with Crippen LogP contribution in [0.5, 0.6) is 0 Å². The lowest BCUT2D eigenvalue weighted by atomic mass is 10.0. The number of ether oxygens (including phenoxy) is 1. The van der Waals surface area contributed by atoms with Crippen LogP contribution in [0.4, 0.5) is 0 Å². The first kappa shape index (κ1) is 15.7. The van der Waals surface area contributed by atoms with Crippen LogP contribution < -0.4 is 0 Å². The quantitative estimate of drug-likeness (QED) is 0.383. The first-order valence-corrected chi connectivity index (χ1v) is 6.14. The number of rotatable bonds is 9. The lowest BCUT2D eigenvalue weighted by Crippen LogP contribution is -2.21. The third kappa shape index (κ3) is 8.48. The van der Waals surface area contributed by atoms with E-state index in [1.54, 1.807) is 13.0 Å². The van der Waals surface area contributed by atoms with Crippen molar-refractivity contribution in [1.29, 1.82) is 0 Å². The minimum atomic E-state index is -0.894. The maximum atomic E-state index is 11.0. The molecule has 0 saturated heterocycles. The lowest BCUT2D eigenvalue weighted by molar-refractivity contribution is -0.148. The van der Waals surface area contributed by atoms with Crippen molar-refractivity contribution in [3.05, 3.63) is 12.2 Å². The Labute approximate surface area is 103 Å². The Morgan fingerprint density at radius 3 is 2.53 bits per heavy atom. The molecule has 4 heteroatoms. The number of unbranched alkanes of at least 4 members (excludes halogenated alkanes) is 3. The first-order valence-electron chi connectivity index (χ1n) is 6.14. The molecule has 0 amide bonds. The van der Waals surface area contributed by atoms with Gasteiger partial charge in [0.1, 0.15) is 6.61 Å². The van der Waals surface area contributed by atoms with Crippen molar-refractivity contribution in [1.82, 2.24) is 0 Å². The summed E-state index contributed by atoms with van der Waals surface area (Å²) in [5.41, 5.74) is 0. The van der Waals surface area contributed by atoms with Crippen LogP contribution in [0.2, 0.25) is 0 Å². The van der Waals surface area contributed by atoms with Crippen molar-refractivity contribution >= 4 is 11.9 Å². The Morgan fingerprint density at radius 1 is 1.29 bits per heavy atom. The van der Waals surface area contributed by atoms with Crippen LogP contribution in [0, 0.1) is 5.92 Å². The molecule has 0 bridgehead atoms. The highest BCUT2D eigenvalue weighted by atomic mass is 16.5. The molecule has 17 heavy (non-hydrogen) atoms. The summed E-state index contributed by atoms with van der Waals surface area (Å²) in [5.74, 6) is -1.96. The van der Waals surface area contributed by atoms with Gasteiger partial charge in [-0.25, -0.2) is 4.79 Å². The first-order chi connectivity index (χ1) is 8.11. The van der Waals surface area contributed by atoms with Crippen molar-refractivity contribution < 1.29 is 19.4 Å². The van der Waals surface area contributed by atoms with Crippen LogP contribution in [0.3, 0.4) is 0 Å². The third-order valence-electron chi connectivity index (χ3n) is 2.48. The molecule has 0 radical (unpaired) electrons. The maximum Gasteiger partial charge on any atom is 0.330 e. The normalized spacial score (nSPS) is 12.6. The second-order valence-corrected chi connectivity index (χ2v) is 4.01. The number of carboxylic acids is 1. The molecule has 0 aromatic heterocycles. The second-order valence-electron chi connectivity index (χ2n) is 4.01. The van der Waals surface area contributed by atoms with Gasteiger partial charge in [0.15, 0.2) is 0 Å². The van der Waals surface area contributed by atoms with Crippen LogP contribution in [-0.2, 0) is 14.3 Å². The monoisotopic (exact) mass is 242 g/mol. The van der Waals surface area contributed by atoms with E-state index in [1.165, 1.54) is 6.08 Å². The second kappa shape index (κ2) is 9.87. The van der Waals surface area contributed by atoms with Gasteiger partial charge in [-0.1, -0.05) is 38.7 Å². The number of aliphatic carboxylic acids is 1. The van der Waals surface area contributed by atoms with Crippen molar-refractivity contribution in [2.45, 2.75) is 46.0 Å². The van der Waals surface area contributed by atoms with E-state index in [1.807, 2.05) is 0 Å². The Balaban J connectivity index is 3.90. The number of esters is 1. The van der Waals surface area contributed by atoms with Gasteiger partial charge in [0.05, 0.1) is 5.92 Å². The Kier molecular flexibility index (Phi) is 9.11. The smallest absolute Gasteiger partial charge is 0.330 e. The molecule has 0 saturated carbocycles. The molecule has 0 fully saturated rings. The predicted molar refractivity (Wildman–Crippen MR) is 65.7 cm³/mol. The van der Waals surface area contributed by atoms with Crippen LogP contribution in [0.25, 0.3) is 0 Å². The fourth-order valence-corrected chi connectivity index (χ4v) is 1.46. The third-order valence-corrected chi connectivity index (χ3v) is 2.48. The Bertz CT molecular complexity index is 258. The summed E-state index contributed by atoms with van der Waals surface area (Å²) in [6.45, 7) is 3.78. The molecular formula is C13H22O4. The summed E-state index contributed by atoms with van der Waals surface area (Å²) in [6.07, 6.45) is 7.56. The molecule has 0 aliphatic carbocycles. The summed E-state index contributed by atoms with van der Waals surface area (Å²) in [6, 6.07) is 0. The molecular weight excluding hydrogens is 220 g/mol. The van der Waals surface area contributed by atoms with Crippen LogP contribution >= 0.6 is 0 Å². The zero-order chi connectivity index (χ0) is 13.1. The Morgan fingerprint density at radius 2 is 2.00 bits per heavy atom. The average molecular weight is 242 g/mol. The topological polar surface area (TPSA) is 63.6 Å². The highest BCUT2D eigenvalue weighted by molar-refractivity contribution is 5.82. The van der Waals surface area contributed by atoms with E-state index in [0.717, 1.165) is 25.7 Å². The van der Waals surface area contributed by atoms with Gasteiger partial charge in [-0.05, 0) is 13.3 Å². The molecule has 1 N–H and O–H groups in total. The summed E-state index contributed by atoms with van der Waals surface area (Å²) in [5, 5.41) is 8.96. The molecule has 0 heterocycles. The zero-order valence-corrected chi connectivity index (χ0v) is 10.6. The molecule has 0 rings (SSSR count). The van der Waals surface area contributed by atoms with Crippen molar-refractivity contribution in [3.8, 4) is 0 Å². The van der Waals surface area contributed by atoms with E-state index >= 15 is 0 Å². The van der Waals surface area contributed by atoms with Crippen molar-refractivity contribution in [3.63, 3.8) is 0 Å². The van der Waals surface area contributed by atoms with E-state index in [9.17, 15) is 9.59 Å². The molecule has 4 nitrogen and oxygen atoms in total. The van der Waals surface area contributed by atoms with Gasteiger partial charge in [-0.15, -0.1) is 0 Å². The highest BCUT2D eigenvalue weighted by Crippen LogP contribution is 2.12. The molecule has 1 unspecified atom stereocenters. The van der Waals surface area contributed by atoms with Crippen molar-refractivity contribution in [2.75, 3.05) is 6.61 Å². The molecule has 1 atom stereocenters. The fourth-order valence-electron chi connectivity index (χ4n) is 1.46. The number of allylic oxidation sites excluding steroid dienone is 1. The minimum absolute atomic E-state index is 0.0371. The van der Waals surface area contributed by atoms with Gasteiger partial charge >= 0.3 is 11.9 Å². The number of carboxylic acid groups (broad SMARTS) is 1. The largest absolute Gasteiger partial charge is 0.481 e. The van der Waals surface area contributed by atoms with Crippen LogP contribution in [0.1, 0.15) is 46.0 Å². The summed E-state index contributed by atoms with van der Waals surface area (Å²) in [7, 11) is 0. The molecule has 0 aliphatic rings. The zero-order valence-electron chi connectivity index (χ0n) is 10.6. The number of carbonyl (C=O) groups is 2. The van der Waals surface area contributed by atoms with Gasteiger partial charge in [0, 0.05) is 6.08 Å². The number of carbonyl (C=O) groups excluding carboxylic acids is 1. The predicted octanol–water partition coefficient (Wildman–Crippen LogP) is 2.78. The van der Waals surface area contributed by atoms with Gasteiger partial charge in [0.25, 0.3) is 0 Å². The van der Waals surface area contributed by atoms with E-state index in [-0.39, 0.29) is 6.61 Å². The highest BCUT2D eigenvalue weighted by Gasteiger charge is 2.18. The van der Waals surface area contributed by atoms with E-state index in [4.69, 9.17) is 9.84 Å².